The fraction of sp³-hybridized carbons (Fsp3) is 0.429. The van der Waals surface area contributed by atoms with Gasteiger partial charge in [-0.05, 0) is 77.1 Å². The SMILES string of the molecule is C[Si](C)(C)O[Si](O[Si](C)(C)C)(O[Si](C)(C)C)c1ccccc1Oc1ccccc1. The van der Waals surface area contributed by atoms with E-state index in [0.717, 1.165) is 16.7 Å². The van der Waals surface area contributed by atoms with Crippen LogP contribution in [-0.2, 0) is 12.3 Å². The zero-order valence-corrected chi connectivity index (χ0v) is 23.3. The van der Waals surface area contributed by atoms with Crippen LogP contribution < -0.4 is 9.92 Å². The molecule has 0 saturated carbocycles. The van der Waals surface area contributed by atoms with Crippen LogP contribution in [0.1, 0.15) is 0 Å². The quantitative estimate of drug-likeness (QED) is 0.415. The van der Waals surface area contributed by atoms with Crippen molar-refractivity contribution in [3.05, 3.63) is 54.6 Å². The van der Waals surface area contributed by atoms with Crippen LogP contribution in [0.2, 0.25) is 58.9 Å². The summed E-state index contributed by atoms with van der Waals surface area (Å²) >= 11 is 0. The van der Waals surface area contributed by atoms with Crippen molar-refractivity contribution in [1.82, 2.24) is 0 Å². The Morgan fingerprint density at radius 3 is 1.38 bits per heavy atom. The molecule has 0 saturated heterocycles. The standard InChI is InChI=1S/C21H36O4Si4/c1-26(2,3)23-29(24-27(4,5)6,25-28(7,8)9)21-18-14-13-17-20(21)22-19-15-11-10-12-16-19/h10-18H,1-9H3. The maximum Gasteiger partial charge on any atom is 0.509 e. The average molecular weight is 465 g/mol. The highest BCUT2D eigenvalue weighted by Crippen LogP contribution is 2.30. The van der Waals surface area contributed by atoms with Crippen molar-refractivity contribution in [2.45, 2.75) is 58.9 Å². The molecule has 0 spiro atoms. The summed E-state index contributed by atoms with van der Waals surface area (Å²) < 4.78 is 26.9. The molecular formula is C21H36O4Si4. The lowest BCUT2D eigenvalue weighted by Gasteiger charge is -2.43. The molecule has 0 aliphatic heterocycles. The molecule has 0 aliphatic rings. The van der Waals surface area contributed by atoms with E-state index in [1.165, 1.54) is 0 Å². The Bertz CT molecular complexity index is 752. The second kappa shape index (κ2) is 9.01. The van der Waals surface area contributed by atoms with Crippen LogP contribution in [0, 0.1) is 0 Å². The molecule has 0 heterocycles. The van der Waals surface area contributed by atoms with Crippen LogP contribution in [0.15, 0.2) is 54.6 Å². The van der Waals surface area contributed by atoms with E-state index in [9.17, 15) is 0 Å². The highest BCUT2D eigenvalue weighted by molar-refractivity contribution is 6.96. The monoisotopic (exact) mass is 464 g/mol. The summed E-state index contributed by atoms with van der Waals surface area (Å²) in [6.07, 6.45) is 0. The Kier molecular flexibility index (Phi) is 7.53. The summed E-state index contributed by atoms with van der Waals surface area (Å²) in [5, 5.41) is 0.927. The van der Waals surface area contributed by atoms with Gasteiger partial charge in [0.1, 0.15) is 11.5 Å². The van der Waals surface area contributed by atoms with Gasteiger partial charge in [0.25, 0.3) is 0 Å². The van der Waals surface area contributed by atoms with E-state index < -0.39 is 33.8 Å². The minimum atomic E-state index is -3.22. The van der Waals surface area contributed by atoms with Crippen LogP contribution in [-0.4, -0.2) is 33.8 Å². The second-order valence-corrected chi connectivity index (χ2v) is 26.9. The Labute approximate surface area is 180 Å². The summed E-state index contributed by atoms with van der Waals surface area (Å²) in [5.41, 5.74) is 0. The molecule has 0 aromatic heterocycles. The normalized spacial score (nSPS) is 13.4. The van der Waals surface area contributed by atoms with E-state index in [-0.39, 0.29) is 0 Å². The van der Waals surface area contributed by atoms with Gasteiger partial charge < -0.3 is 17.1 Å². The third-order valence-electron chi connectivity index (χ3n) is 3.51. The van der Waals surface area contributed by atoms with Gasteiger partial charge in [0, 0.05) is 0 Å². The second-order valence-electron chi connectivity index (χ2n) is 10.1. The fourth-order valence-corrected chi connectivity index (χ4v) is 16.2. The summed E-state index contributed by atoms with van der Waals surface area (Å²) in [7, 11) is -9.18. The molecular weight excluding hydrogens is 429 g/mol. The molecule has 0 aliphatic carbocycles. The molecule has 0 atom stereocenters. The third-order valence-corrected chi connectivity index (χ3v) is 15.2. The van der Waals surface area contributed by atoms with Crippen molar-refractivity contribution >= 4 is 38.9 Å². The minimum absolute atomic E-state index is 0.750. The summed E-state index contributed by atoms with van der Waals surface area (Å²) in [6, 6.07) is 17.9. The Morgan fingerprint density at radius 1 is 0.517 bits per heavy atom. The molecule has 160 valence electrons. The van der Waals surface area contributed by atoms with Gasteiger partial charge in [0.2, 0.25) is 0 Å². The first kappa shape index (κ1) is 24.3. The first-order valence-electron chi connectivity index (χ1n) is 10.1. The molecule has 2 aromatic rings. The molecule has 2 aromatic carbocycles. The lowest BCUT2D eigenvalue weighted by Crippen LogP contribution is -2.67. The first-order chi connectivity index (χ1) is 13.2. The van der Waals surface area contributed by atoms with Gasteiger partial charge in [-0.25, -0.2) is 0 Å². The predicted octanol–water partition coefficient (Wildman–Crippen LogP) is 6.18. The van der Waals surface area contributed by atoms with E-state index in [0.29, 0.717) is 0 Å². The molecule has 0 radical (unpaired) electrons. The van der Waals surface area contributed by atoms with E-state index in [1.807, 2.05) is 48.5 Å². The fourth-order valence-electron chi connectivity index (χ4n) is 2.86. The Hall–Kier alpha value is -1.01. The molecule has 29 heavy (non-hydrogen) atoms. The molecule has 8 heteroatoms. The van der Waals surface area contributed by atoms with Crippen LogP contribution in [0.5, 0.6) is 11.5 Å². The highest BCUT2D eigenvalue weighted by atomic mass is 28.5. The van der Waals surface area contributed by atoms with Crippen molar-refractivity contribution in [2.24, 2.45) is 0 Å². The number of hydrogen-bond donors (Lipinski definition) is 0. The van der Waals surface area contributed by atoms with Gasteiger partial charge in [-0.1, -0.05) is 36.4 Å². The summed E-state index contributed by atoms with van der Waals surface area (Å²) in [5.74, 6) is 1.54. The third kappa shape index (κ3) is 7.97. The van der Waals surface area contributed by atoms with Crippen LogP contribution in [0.4, 0.5) is 0 Å². The maximum atomic E-state index is 6.86. The van der Waals surface area contributed by atoms with Crippen molar-refractivity contribution in [1.29, 1.82) is 0 Å². The maximum absolute atomic E-state index is 6.86. The number of benzene rings is 2. The Morgan fingerprint density at radius 2 is 0.931 bits per heavy atom. The van der Waals surface area contributed by atoms with Gasteiger partial charge in [0.05, 0.1) is 5.19 Å². The van der Waals surface area contributed by atoms with Crippen molar-refractivity contribution in [3.63, 3.8) is 0 Å². The Balaban J connectivity index is 2.66. The number of hydrogen-bond acceptors (Lipinski definition) is 4. The average Bonchev–Trinajstić information content (AvgIpc) is 2.51. The van der Waals surface area contributed by atoms with E-state index in [4.69, 9.17) is 17.1 Å². The molecule has 0 unspecified atom stereocenters. The van der Waals surface area contributed by atoms with Gasteiger partial charge in [-0.15, -0.1) is 0 Å². The largest absolute Gasteiger partial charge is 0.509 e. The van der Waals surface area contributed by atoms with E-state index in [1.54, 1.807) is 0 Å². The highest BCUT2D eigenvalue weighted by Gasteiger charge is 2.53. The molecule has 4 nitrogen and oxygen atoms in total. The molecule has 0 N–H and O–H groups in total. The lowest BCUT2D eigenvalue weighted by molar-refractivity contribution is 0.271. The van der Waals surface area contributed by atoms with Gasteiger partial charge in [-0.2, -0.15) is 0 Å². The lowest BCUT2D eigenvalue weighted by atomic mass is 10.3. The molecule has 0 bridgehead atoms. The number of para-hydroxylation sites is 2. The van der Waals surface area contributed by atoms with E-state index >= 15 is 0 Å². The molecule has 0 fully saturated rings. The summed E-state index contributed by atoms with van der Waals surface area (Å²) in [6.45, 7) is 19.7. The van der Waals surface area contributed by atoms with Gasteiger partial charge in [-0.3, -0.25) is 0 Å². The van der Waals surface area contributed by atoms with Crippen LogP contribution in [0.25, 0.3) is 0 Å². The molecule has 2 rings (SSSR count). The van der Waals surface area contributed by atoms with Crippen molar-refractivity contribution in [3.8, 4) is 11.5 Å². The summed E-state index contributed by atoms with van der Waals surface area (Å²) in [4.78, 5) is 0. The topological polar surface area (TPSA) is 36.9 Å². The number of rotatable bonds is 9. The first-order valence-corrected chi connectivity index (χ1v) is 22.1. The zero-order chi connectivity index (χ0) is 21.9. The smallest absolute Gasteiger partial charge is 0.457 e. The van der Waals surface area contributed by atoms with Crippen molar-refractivity contribution < 1.29 is 17.1 Å². The number of ether oxygens (including phenoxy) is 1. The van der Waals surface area contributed by atoms with Crippen LogP contribution >= 0.6 is 0 Å². The molecule has 0 amide bonds. The predicted molar refractivity (Wildman–Crippen MR) is 132 cm³/mol. The van der Waals surface area contributed by atoms with Gasteiger partial charge in [0.15, 0.2) is 25.0 Å². The van der Waals surface area contributed by atoms with Crippen molar-refractivity contribution in [2.75, 3.05) is 0 Å². The van der Waals surface area contributed by atoms with E-state index in [2.05, 4.69) is 65.0 Å². The van der Waals surface area contributed by atoms with Gasteiger partial charge >= 0.3 is 8.80 Å². The van der Waals surface area contributed by atoms with Crippen LogP contribution in [0.3, 0.4) is 0 Å². The minimum Gasteiger partial charge on any atom is -0.457 e. The zero-order valence-electron chi connectivity index (χ0n) is 19.3.